The smallest absolute Gasteiger partial charge is 0.252 e. The van der Waals surface area contributed by atoms with Crippen LogP contribution in [0.15, 0.2) is 48.5 Å². The molecular weight excluding hydrogens is 332 g/mol. The van der Waals surface area contributed by atoms with E-state index in [0.717, 1.165) is 12.8 Å². The molecule has 0 bridgehead atoms. The first-order chi connectivity index (χ1) is 12.7. The summed E-state index contributed by atoms with van der Waals surface area (Å²) in [6, 6.07) is 13.3. The van der Waals surface area contributed by atoms with Crippen molar-refractivity contribution in [3.8, 4) is 11.5 Å². The zero-order valence-electron chi connectivity index (χ0n) is 14.7. The Bertz CT molecular complexity index is 791. The third-order valence-corrected chi connectivity index (χ3v) is 4.04. The van der Waals surface area contributed by atoms with E-state index in [1.165, 1.54) is 0 Å². The van der Waals surface area contributed by atoms with E-state index in [4.69, 9.17) is 9.47 Å². The van der Waals surface area contributed by atoms with Crippen molar-refractivity contribution in [2.45, 2.75) is 25.8 Å². The molecule has 0 saturated heterocycles. The monoisotopic (exact) mass is 354 g/mol. The second-order valence-electron chi connectivity index (χ2n) is 6.05. The molecule has 2 amide bonds. The van der Waals surface area contributed by atoms with Gasteiger partial charge in [-0.1, -0.05) is 31.5 Å². The number of hydrogen-bond donors (Lipinski definition) is 2. The molecule has 26 heavy (non-hydrogen) atoms. The number of carbonyl (C=O) groups excluding carboxylic acids is 2. The van der Waals surface area contributed by atoms with E-state index in [1.54, 1.807) is 30.3 Å². The van der Waals surface area contributed by atoms with Gasteiger partial charge in [0.15, 0.2) is 0 Å². The van der Waals surface area contributed by atoms with E-state index >= 15 is 0 Å². The molecule has 6 nitrogen and oxygen atoms in total. The highest BCUT2D eigenvalue weighted by Crippen LogP contribution is 2.26. The maximum atomic E-state index is 12.5. The molecule has 2 aromatic rings. The minimum atomic E-state index is -0.778. The van der Waals surface area contributed by atoms with Crippen LogP contribution in [0.4, 0.5) is 5.69 Å². The molecule has 0 aromatic heterocycles. The molecule has 6 heteroatoms. The van der Waals surface area contributed by atoms with Crippen LogP contribution in [0.5, 0.6) is 11.5 Å². The molecule has 0 spiro atoms. The number of hydrogen-bond acceptors (Lipinski definition) is 4. The SMILES string of the molecule is CCCCOc1cccc(C(=O)NC2COc3ccccc3NC2=O)c1. The molecule has 0 aliphatic carbocycles. The van der Waals surface area contributed by atoms with Crippen molar-refractivity contribution < 1.29 is 19.1 Å². The number of carbonyl (C=O) groups is 2. The highest BCUT2D eigenvalue weighted by molar-refractivity contribution is 6.02. The van der Waals surface area contributed by atoms with E-state index in [1.807, 2.05) is 18.2 Å². The summed E-state index contributed by atoms with van der Waals surface area (Å²) in [5, 5.41) is 5.49. The van der Waals surface area contributed by atoms with Gasteiger partial charge in [-0.15, -0.1) is 0 Å². The summed E-state index contributed by atoms with van der Waals surface area (Å²) in [5.74, 6) is 0.572. The Kier molecular flexibility index (Phi) is 5.73. The topological polar surface area (TPSA) is 76.7 Å². The molecular formula is C20H22N2O4. The molecule has 1 atom stereocenters. The predicted octanol–water partition coefficient (Wildman–Crippen LogP) is 3.00. The van der Waals surface area contributed by atoms with E-state index in [-0.39, 0.29) is 18.4 Å². The summed E-state index contributed by atoms with van der Waals surface area (Å²) in [6.07, 6.45) is 2.00. The number of amides is 2. The Labute approximate surface area is 152 Å². The van der Waals surface area contributed by atoms with Crippen LogP contribution in [-0.2, 0) is 4.79 Å². The lowest BCUT2D eigenvalue weighted by atomic mass is 10.2. The molecule has 3 rings (SSSR count). The Morgan fingerprint density at radius 1 is 1.27 bits per heavy atom. The first-order valence-electron chi connectivity index (χ1n) is 8.74. The van der Waals surface area contributed by atoms with Gasteiger partial charge < -0.3 is 20.1 Å². The second kappa shape index (κ2) is 8.38. The number of unbranched alkanes of at least 4 members (excludes halogenated alkanes) is 1. The molecule has 1 unspecified atom stereocenters. The minimum absolute atomic E-state index is 0.0707. The average Bonchev–Trinajstić information content (AvgIpc) is 2.81. The van der Waals surface area contributed by atoms with E-state index in [0.29, 0.717) is 29.4 Å². The molecule has 2 aromatic carbocycles. The second-order valence-corrected chi connectivity index (χ2v) is 6.05. The van der Waals surface area contributed by atoms with Crippen molar-refractivity contribution in [2.75, 3.05) is 18.5 Å². The van der Waals surface area contributed by atoms with Crippen LogP contribution in [0.2, 0.25) is 0 Å². The van der Waals surface area contributed by atoms with Gasteiger partial charge in [0.25, 0.3) is 11.8 Å². The maximum Gasteiger partial charge on any atom is 0.252 e. The summed E-state index contributed by atoms with van der Waals surface area (Å²) in [5.41, 5.74) is 1.04. The van der Waals surface area contributed by atoms with Gasteiger partial charge in [0, 0.05) is 5.56 Å². The highest BCUT2D eigenvalue weighted by atomic mass is 16.5. The average molecular weight is 354 g/mol. The molecule has 1 aliphatic heterocycles. The number of anilines is 1. The van der Waals surface area contributed by atoms with Crippen LogP contribution in [-0.4, -0.2) is 31.1 Å². The van der Waals surface area contributed by atoms with Crippen LogP contribution in [0.25, 0.3) is 0 Å². The van der Waals surface area contributed by atoms with Crippen LogP contribution in [0, 0.1) is 0 Å². The fourth-order valence-electron chi connectivity index (χ4n) is 2.57. The maximum absolute atomic E-state index is 12.5. The third-order valence-electron chi connectivity index (χ3n) is 4.04. The lowest BCUT2D eigenvalue weighted by Crippen LogP contribution is -2.46. The molecule has 1 aliphatic rings. The Morgan fingerprint density at radius 3 is 2.96 bits per heavy atom. The van der Waals surface area contributed by atoms with Crippen LogP contribution >= 0.6 is 0 Å². The van der Waals surface area contributed by atoms with Gasteiger partial charge in [0.2, 0.25) is 0 Å². The van der Waals surface area contributed by atoms with Crippen LogP contribution < -0.4 is 20.1 Å². The fourth-order valence-corrected chi connectivity index (χ4v) is 2.57. The van der Waals surface area contributed by atoms with Crippen molar-refractivity contribution in [3.63, 3.8) is 0 Å². The number of rotatable bonds is 6. The summed E-state index contributed by atoms with van der Waals surface area (Å²) < 4.78 is 11.3. The summed E-state index contributed by atoms with van der Waals surface area (Å²) >= 11 is 0. The Balaban J connectivity index is 1.64. The van der Waals surface area contributed by atoms with Crippen molar-refractivity contribution in [1.82, 2.24) is 5.32 Å². The quantitative estimate of drug-likeness (QED) is 0.782. The molecule has 0 saturated carbocycles. The summed E-state index contributed by atoms with van der Waals surface area (Å²) in [7, 11) is 0. The van der Waals surface area contributed by atoms with Crippen LogP contribution in [0.3, 0.4) is 0 Å². The zero-order valence-corrected chi connectivity index (χ0v) is 14.7. The fraction of sp³-hybridized carbons (Fsp3) is 0.300. The Hall–Kier alpha value is -3.02. The normalized spacial score (nSPS) is 15.9. The van der Waals surface area contributed by atoms with E-state index in [2.05, 4.69) is 17.6 Å². The van der Waals surface area contributed by atoms with Gasteiger partial charge in [-0.3, -0.25) is 9.59 Å². The van der Waals surface area contributed by atoms with Gasteiger partial charge in [-0.25, -0.2) is 0 Å². The van der Waals surface area contributed by atoms with Crippen molar-refractivity contribution in [3.05, 3.63) is 54.1 Å². The van der Waals surface area contributed by atoms with Crippen LogP contribution in [0.1, 0.15) is 30.1 Å². The largest absolute Gasteiger partial charge is 0.494 e. The molecule has 0 fully saturated rings. The number of benzene rings is 2. The summed E-state index contributed by atoms with van der Waals surface area (Å²) in [6.45, 7) is 2.77. The van der Waals surface area contributed by atoms with Crippen molar-refractivity contribution in [1.29, 1.82) is 0 Å². The lowest BCUT2D eigenvalue weighted by molar-refractivity contribution is -0.118. The molecule has 136 valence electrons. The minimum Gasteiger partial charge on any atom is -0.494 e. The number of para-hydroxylation sites is 2. The summed E-state index contributed by atoms with van der Waals surface area (Å²) in [4.78, 5) is 24.9. The van der Waals surface area contributed by atoms with Gasteiger partial charge in [0.1, 0.15) is 24.1 Å². The first kappa shape index (κ1) is 17.8. The standard InChI is InChI=1S/C20H22N2O4/c1-2-3-11-25-15-8-6-7-14(12-15)19(23)22-17-13-26-18-10-5-4-9-16(18)21-20(17)24/h4-10,12,17H,2-3,11,13H2,1H3,(H,21,24)(H,22,23). The number of ether oxygens (including phenoxy) is 2. The van der Waals surface area contributed by atoms with Gasteiger partial charge in [-0.2, -0.15) is 0 Å². The van der Waals surface area contributed by atoms with Crippen molar-refractivity contribution in [2.24, 2.45) is 0 Å². The number of nitrogens with one attached hydrogen (secondary N) is 2. The molecule has 2 N–H and O–H groups in total. The highest BCUT2D eigenvalue weighted by Gasteiger charge is 2.26. The van der Waals surface area contributed by atoms with Crippen molar-refractivity contribution >= 4 is 17.5 Å². The van der Waals surface area contributed by atoms with Gasteiger partial charge in [-0.05, 0) is 36.8 Å². The predicted molar refractivity (Wildman–Crippen MR) is 98.7 cm³/mol. The zero-order chi connectivity index (χ0) is 18.4. The van der Waals surface area contributed by atoms with E-state index < -0.39 is 6.04 Å². The third kappa shape index (κ3) is 4.33. The number of fused-ring (bicyclic) bond motifs is 1. The van der Waals surface area contributed by atoms with E-state index in [9.17, 15) is 9.59 Å². The Morgan fingerprint density at radius 2 is 2.12 bits per heavy atom. The lowest BCUT2D eigenvalue weighted by Gasteiger charge is -2.15. The molecule has 1 heterocycles. The first-order valence-corrected chi connectivity index (χ1v) is 8.74. The van der Waals surface area contributed by atoms with Gasteiger partial charge >= 0.3 is 0 Å². The molecule has 0 radical (unpaired) electrons. The van der Waals surface area contributed by atoms with Gasteiger partial charge in [0.05, 0.1) is 12.3 Å².